The van der Waals surface area contributed by atoms with Crippen LogP contribution in [0.3, 0.4) is 0 Å². The summed E-state index contributed by atoms with van der Waals surface area (Å²) in [4.78, 5) is 34.6. The van der Waals surface area contributed by atoms with Crippen LogP contribution in [0.25, 0.3) is 21.9 Å². The first-order valence-electron chi connectivity index (χ1n) is 6.86. The molecule has 2 N–H and O–H groups in total. The van der Waals surface area contributed by atoms with Gasteiger partial charge in [0, 0.05) is 5.56 Å². The Morgan fingerprint density at radius 3 is 2.35 bits per heavy atom. The SMILES string of the molecule is O=C(O)Cc1cc(CC(=O)O)c2oc3ccccc3c(=O)c2c1. The van der Waals surface area contributed by atoms with E-state index in [1.165, 1.54) is 12.1 Å². The molecule has 2 aromatic carbocycles. The van der Waals surface area contributed by atoms with Crippen molar-refractivity contribution in [3.05, 3.63) is 57.7 Å². The van der Waals surface area contributed by atoms with Crippen LogP contribution in [0.2, 0.25) is 0 Å². The maximum Gasteiger partial charge on any atom is 0.307 e. The van der Waals surface area contributed by atoms with Gasteiger partial charge in [-0.2, -0.15) is 0 Å². The summed E-state index contributed by atoms with van der Waals surface area (Å²) < 4.78 is 5.71. The average molecular weight is 312 g/mol. The molecule has 3 aromatic rings. The minimum atomic E-state index is -1.09. The van der Waals surface area contributed by atoms with Crippen LogP contribution in [0.5, 0.6) is 0 Å². The molecule has 23 heavy (non-hydrogen) atoms. The lowest BCUT2D eigenvalue weighted by atomic mass is 10.0. The number of carboxylic acid groups (broad SMARTS) is 2. The Morgan fingerprint density at radius 2 is 1.65 bits per heavy atom. The number of rotatable bonds is 4. The number of para-hydroxylation sites is 1. The smallest absolute Gasteiger partial charge is 0.307 e. The third-order valence-electron chi connectivity index (χ3n) is 3.51. The van der Waals surface area contributed by atoms with Gasteiger partial charge in [-0.05, 0) is 23.8 Å². The Bertz CT molecular complexity index is 999. The summed E-state index contributed by atoms with van der Waals surface area (Å²) in [6.07, 6.45) is -0.653. The van der Waals surface area contributed by atoms with E-state index in [0.29, 0.717) is 16.5 Å². The van der Waals surface area contributed by atoms with Gasteiger partial charge in [0.05, 0.1) is 23.6 Å². The van der Waals surface area contributed by atoms with Crippen LogP contribution in [-0.2, 0) is 22.4 Å². The van der Waals surface area contributed by atoms with E-state index in [4.69, 9.17) is 14.6 Å². The van der Waals surface area contributed by atoms with Crippen molar-refractivity contribution in [3.8, 4) is 0 Å². The Labute approximate surface area is 129 Å². The van der Waals surface area contributed by atoms with Crippen molar-refractivity contribution in [2.45, 2.75) is 12.8 Å². The minimum absolute atomic E-state index is 0.185. The summed E-state index contributed by atoms with van der Waals surface area (Å²) in [5, 5.41) is 18.5. The van der Waals surface area contributed by atoms with Gasteiger partial charge >= 0.3 is 11.9 Å². The molecule has 0 atom stereocenters. The molecule has 0 amide bonds. The zero-order valence-electron chi connectivity index (χ0n) is 11.9. The van der Waals surface area contributed by atoms with Gasteiger partial charge in [-0.1, -0.05) is 18.2 Å². The quantitative estimate of drug-likeness (QED) is 0.716. The molecule has 6 heteroatoms. The Kier molecular flexibility index (Phi) is 3.57. The zero-order valence-corrected chi connectivity index (χ0v) is 11.9. The van der Waals surface area contributed by atoms with Crippen molar-refractivity contribution < 1.29 is 24.2 Å². The van der Waals surface area contributed by atoms with Gasteiger partial charge in [0.2, 0.25) is 5.43 Å². The van der Waals surface area contributed by atoms with E-state index in [9.17, 15) is 14.4 Å². The third kappa shape index (κ3) is 2.78. The number of aliphatic carboxylic acids is 2. The fourth-order valence-electron chi connectivity index (χ4n) is 2.61. The van der Waals surface area contributed by atoms with Crippen molar-refractivity contribution in [3.63, 3.8) is 0 Å². The highest BCUT2D eigenvalue weighted by Gasteiger charge is 2.15. The van der Waals surface area contributed by atoms with Crippen LogP contribution in [0.1, 0.15) is 11.1 Å². The molecule has 0 bridgehead atoms. The summed E-state index contributed by atoms with van der Waals surface area (Å²) >= 11 is 0. The highest BCUT2D eigenvalue weighted by Crippen LogP contribution is 2.24. The Morgan fingerprint density at radius 1 is 0.957 bits per heavy atom. The second kappa shape index (κ2) is 5.57. The van der Waals surface area contributed by atoms with Gasteiger partial charge < -0.3 is 14.6 Å². The molecule has 0 saturated carbocycles. The molecular formula is C17H12O6. The van der Waals surface area contributed by atoms with Gasteiger partial charge in [-0.15, -0.1) is 0 Å². The lowest BCUT2D eigenvalue weighted by Crippen LogP contribution is -2.09. The fraction of sp³-hybridized carbons (Fsp3) is 0.118. The number of carboxylic acids is 2. The number of fused-ring (bicyclic) bond motifs is 2. The highest BCUT2D eigenvalue weighted by atomic mass is 16.4. The van der Waals surface area contributed by atoms with E-state index in [0.717, 1.165) is 0 Å². The standard InChI is InChI=1S/C17H12O6/c18-14(19)7-9-5-10(8-15(20)21)17-12(6-9)16(22)11-3-1-2-4-13(11)23-17/h1-6H,7-8H2,(H,18,19)(H,20,21). The van der Waals surface area contributed by atoms with E-state index in [-0.39, 0.29) is 34.8 Å². The lowest BCUT2D eigenvalue weighted by Gasteiger charge is -2.08. The van der Waals surface area contributed by atoms with Gasteiger partial charge in [0.15, 0.2) is 0 Å². The summed E-state index contributed by atoms with van der Waals surface area (Å²) in [5.74, 6) is -2.15. The molecule has 0 radical (unpaired) electrons. The predicted octanol–water partition coefficient (Wildman–Crippen LogP) is 2.20. The summed E-state index contributed by atoms with van der Waals surface area (Å²) in [6, 6.07) is 9.57. The summed E-state index contributed by atoms with van der Waals surface area (Å²) in [5.41, 5.74) is 0.895. The van der Waals surface area contributed by atoms with Gasteiger partial charge in [-0.25, -0.2) is 0 Å². The van der Waals surface area contributed by atoms with Crippen LogP contribution in [-0.4, -0.2) is 22.2 Å². The summed E-state index contributed by atoms with van der Waals surface area (Å²) in [6.45, 7) is 0. The summed E-state index contributed by atoms with van der Waals surface area (Å²) in [7, 11) is 0. The van der Waals surface area contributed by atoms with Crippen LogP contribution in [0, 0.1) is 0 Å². The zero-order chi connectivity index (χ0) is 16.6. The average Bonchev–Trinajstić information content (AvgIpc) is 2.47. The molecule has 1 heterocycles. The predicted molar refractivity (Wildman–Crippen MR) is 82.7 cm³/mol. The molecule has 0 aliphatic heterocycles. The van der Waals surface area contributed by atoms with Crippen LogP contribution in [0.4, 0.5) is 0 Å². The highest BCUT2D eigenvalue weighted by molar-refractivity contribution is 5.93. The van der Waals surface area contributed by atoms with Gasteiger partial charge in [0.1, 0.15) is 11.2 Å². The molecule has 3 rings (SSSR count). The largest absolute Gasteiger partial charge is 0.481 e. The molecule has 0 aliphatic rings. The molecular weight excluding hydrogens is 300 g/mol. The van der Waals surface area contributed by atoms with Crippen molar-refractivity contribution in [2.24, 2.45) is 0 Å². The number of hydrogen-bond acceptors (Lipinski definition) is 4. The van der Waals surface area contributed by atoms with Crippen LogP contribution < -0.4 is 5.43 Å². The monoisotopic (exact) mass is 312 g/mol. The maximum atomic E-state index is 12.6. The topological polar surface area (TPSA) is 105 Å². The van der Waals surface area contributed by atoms with E-state index >= 15 is 0 Å². The fourth-order valence-corrected chi connectivity index (χ4v) is 2.61. The molecule has 0 aliphatic carbocycles. The second-order valence-corrected chi connectivity index (χ2v) is 5.20. The molecule has 0 fully saturated rings. The normalized spacial score (nSPS) is 11.0. The minimum Gasteiger partial charge on any atom is -0.481 e. The van der Waals surface area contributed by atoms with E-state index in [1.807, 2.05) is 0 Å². The number of carbonyl (C=O) groups is 2. The Hall–Kier alpha value is -3.15. The molecule has 0 saturated heterocycles. The molecule has 6 nitrogen and oxygen atoms in total. The second-order valence-electron chi connectivity index (χ2n) is 5.20. The first kappa shape index (κ1) is 14.8. The first-order chi connectivity index (χ1) is 11.0. The van der Waals surface area contributed by atoms with Crippen molar-refractivity contribution in [2.75, 3.05) is 0 Å². The van der Waals surface area contributed by atoms with Gasteiger partial charge in [0.25, 0.3) is 0 Å². The van der Waals surface area contributed by atoms with E-state index in [2.05, 4.69) is 0 Å². The molecule has 116 valence electrons. The lowest BCUT2D eigenvalue weighted by molar-refractivity contribution is -0.137. The number of hydrogen-bond donors (Lipinski definition) is 2. The first-order valence-corrected chi connectivity index (χ1v) is 6.86. The molecule has 0 unspecified atom stereocenters. The maximum absolute atomic E-state index is 12.6. The van der Waals surface area contributed by atoms with Crippen molar-refractivity contribution in [1.82, 2.24) is 0 Å². The van der Waals surface area contributed by atoms with Crippen molar-refractivity contribution >= 4 is 33.9 Å². The third-order valence-corrected chi connectivity index (χ3v) is 3.51. The van der Waals surface area contributed by atoms with Gasteiger partial charge in [-0.3, -0.25) is 14.4 Å². The van der Waals surface area contributed by atoms with E-state index in [1.54, 1.807) is 24.3 Å². The molecule has 0 spiro atoms. The Balaban J connectivity index is 2.39. The van der Waals surface area contributed by atoms with Crippen LogP contribution in [0.15, 0.2) is 45.6 Å². The molecule has 1 aromatic heterocycles. The van der Waals surface area contributed by atoms with Crippen molar-refractivity contribution in [1.29, 1.82) is 0 Å². The number of benzene rings is 2. The van der Waals surface area contributed by atoms with Crippen LogP contribution >= 0.6 is 0 Å². The van der Waals surface area contributed by atoms with E-state index < -0.39 is 11.9 Å².